The van der Waals surface area contributed by atoms with Crippen molar-refractivity contribution in [1.82, 2.24) is 15.3 Å². The number of H-pyrrole nitrogens is 1. The Balaban J connectivity index is 1.88. The summed E-state index contributed by atoms with van der Waals surface area (Å²) < 4.78 is 0. The van der Waals surface area contributed by atoms with Gasteiger partial charge in [-0.1, -0.05) is 6.92 Å². The number of hydrogen-bond acceptors (Lipinski definition) is 2. The third-order valence-electron chi connectivity index (χ3n) is 3.01. The second-order valence-electron chi connectivity index (χ2n) is 4.02. The minimum absolute atomic E-state index is 0.350. The van der Waals surface area contributed by atoms with Gasteiger partial charge in [0.2, 0.25) is 0 Å². The van der Waals surface area contributed by atoms with Gasteiger partial charge in [-0.05, 0) is 25.7 Å². The summed E-state index contributed by atoms with van der Waals surface area (Å²) in [5.74, 6) is 1.87. The van der Waals surface area contributed by atoms with Crippen LogP contribution in [0, 0.1) is 5.92 Å². The molecule has 0 saturated heterocycles. The first-order valence-electron chi connectivity index (χ1n) is 5.02. The molecule has 13 heavy (non-hydrogen) atoms. The van der Waals surface area contributed by atoms with Crippen LogP contribution in [0.15, 0.2) is 12.4 Å². The van der Waals surface area contributed by atoms with Crippen molar-refractivity contribution >= 4 is 0 Å². The van der Waals surface area contributed by atoms with E-state index in [1.165, 1.54) is 12.8 Å². The lowest BCUT2D eigenvalue weighted by Crippen LogP contribution is -2.43. The van der Waals surface area contributed by atoms with Crippen molar-refractivity contribution in [3.05, 3.63) is 18.2 Å². The van der Waals surface area contributed by atoms with Gasteiger partial charge in [0, 0.05) is 18.4 Å². The molecule has 72 valence electrons. The second-order valence-corrected chi connectivity index (χ2v) is 4.02. The van der Waals surface area contributed by atoms with Crippen LogP contribution >= 0.6 is 0 Å². The smallest absolute Gasteiger partial charge is 0.122 e. The normalized spacial score (nSPS) is 29.7. The molecule has 1 aliphatic carbocycles. The standard InChI is InChI=1S/C10H17N3/c1-7-3-4-9(7)13-8(2)10-11-5-6-12-10/h5-9,13H,3-4H2,1-2H3,(H,11,12). The molecular formula is C10H17N3. The summed E-state index contributed by atoms with van der Waals surface area (Å²) in [5.41, 5.74) is 0. The van der Waals surface area contributed by atoms with E-state index in [0.717, 1.165) is 11.7 Å². The Hall–Kier alpha value is -0.830. The second kappa shape index (κ2) is 3.50. The summed E-state index contributed by atoms with van der Waals surface area (Å²) in [6.45, 7) is 4.46. The van der Waals surface area contributed by atoms with E-state index >= 15 is 0 Å². The van der Waals surface area contributed by atoms with Crippen LogP contribution in [0.25, 0.3) is 0 Å². The minimum Gasteiger partial charge on any atom is -0.347 e. The predicted octanol–water partition coefficient (Wildman–Crippen LogP) is 1.86. The molecule has 3 nitrogen and oxygen atoms in total. The zero-order valence-corrected chi connectivity index (χ0v) is 8.25. The van der Waals surface area contributed by atoms with Crippen LogP contribution in [0.2, 0.25) is 0 Å². The highest BCUT2D eigenvalue weighted by Crippen LogP contribution is 2.28. The fraction of sp³-hybridized carbons (Fsp3) is 0.700. The molecule has 0 amide bonds. The fourth-order valence-electron chi connectivity index (χ4n) is 1.83. The molecule has 0 aliphatic heterocycles. The quantitative estimate of drug-likeness (QED) is 0.743. The van der Waals surface area contributed by atoms with Crippen molar-refractivity contribution in [2.45, 2.75) is 38.8 Å². The summed E-state index contributed by atoms with van der Waals surface area (Å²) in [5, 5.41) is 3.57. The SMILES string of the molecule is CC(NC1CCC1C)c1ncc[nH]1. The topological polar surface area (TPSA) is 40.7 Å². The third-order valence-corrected chi connectivity index (χ3v) is 3.01. The minimum atomic E-state index is 0.350. The van der Waals surface area contributed by atoms with Crippen molar-refractivity contribution in [2.75, 3.05) is 0 Å². The zero-order valence-electron chi connectivity index (χ0n) is 8.25. The molecule has 1 aliphatic rings. The maximum absolute atomic E-state index is 4.23. The molecule has 0 aromatic carbocycles. The molecule has 0 radical (unpaired) electrons. The van der Waals surface area contributed by atoms with Gasteiger partial charge in [0.05, 0.1) is 6.04 Å². The van der Waals surface area contributed by atoms with E-state index in [0.29, 0.717) is 12.1 Å². The Morgan fingerprint density at radius 1 is 1.62 bits per heavy atom. The molecule has 3 unspecified atom stereocenters. The molecule has 1 fully saturated rings. The van der Waals surface area contributed by atoms with Crippen molar-refractivity contribution in [3.8, 4) is 0 Å². The van der Waals surface area contributed by atoms with Gasteiger partial charge in [0.1, 0.15) is 5.82 Å². The first-order chi connectivity index (χ1) is 6.27. The van der Waals surface area contributed by atoms with Gasteiger partial charge in [-0.2, -0.15) is 0 Å². The number of imidazole rings is 1. The number of aromatic nitrogens is 2. The average molecular weight is 179 g/mol. The van der Waals surface area contributed by atoms with E-state index in [4.69, 9.17) is 0 Å². The van der Waals surface area contributed by atoms with Gasteiger partial charge in [0.15, 0.2) is 0 Å². The molecular weight excluding hydrogens is 162 g/mol. The molecule has 1 saturated carbocycles. The first-order valence-corrected chi connectivity index (χ1v) is 5.02. The summed E-state index contributed by atoms with van der Waals surface area (Å²) in [4.78, 5) is 7.37. The highest BCUT2D eigenvalue weighted by molar-refractivity contribution is 4.96. The Kier molecular flexibility index (Phi) is 2.36. The molecule has 3 atom stereocenters. The molecule has 1 heterocycles. The maximum Gasteiger partial charge on any atom is 0.122 e. The lowest BCUT2D eigenvalue weighted by Gasteiger charge is -2.36. The Labute approximate surface area is 79.0 Å². The van der Waals surface area contributed by atoms with E-state index < -0.39 is 0 Å². The van der Waals surface area contributed by atoms with Gasteiger partial charge in [-0.25, -0.2) is 4.98 Å². The van der Waals surface area contributed by atoms with Crippen LogP contribution in [-0.4, -0.2) is 16.0 Å². The Bertz CT molecular complexity index is 255. The van der Waals surface area contributed by atoms with E-state index in [2.05, 4.69) is 29.1 Å². The molecule has 2 rings (SSSR count). The Morgan fingerprint density at radius 3 is 2.92 bits per heavy atom. The summed E-state index contributed by atoms with van der Waals surface area (Å²) in [7, 11) is 0. The van der Waals surface area contributed by atoms with Crippen LogP contribution in [-0.2, 0) is 0 Å². The number of nitrogens with zero attached hydrogens (tertiary/aromatic N) is 1. The van der Waals surface area contributed by atoms with Gasteiger partial charge in [-0.15, -0.1) is 0 Å². The Morgan fingerprint density at radius 2 is 2.46 bits per heavy atom. The van der Waals surface area contributed by atoms with Gasteiger partial charge in [-0.3, -0.25) is 0 Å². The number of nitrogens with one attached hydrogen (secondary N) is 2. The highest BCUT2D eigenvalue weighted by Gasteiger charge is 2.28. The van der Waals surface area contributed by atoms with E-state index in [9.17, 15) is 0 Å². The van der Waals surface area contributed by atoms with Crippen LogP contribution in [0.1, 0.15) is 38.6 Å². The monoisotopic (exact) mass is 179 g/mol. The maximum atomic E-state index is 4.23. The van der Waals surface area contributed by atoms with Gasteiger partial charge in [0.25, 0.3) is 0 Å². The summed E-state index contributed by atoms with van der Waals surface area (Å²) in [6, 6.07) is 1.04. The van der Waals surface area contributed by atoms with Crippen LogP contribution in [0.5, 0.6) is 0 Å². The van der Waals surface area contributed by atoms with E-state index in [-0.39, 0.29) is 0 Å². The average Bonchev–Trinajstić information content (AvgIpc) is 2.64. The number of aromatic amines is 1. The summed E-state index contributed by atoms with van der Waals surface area (Å²) in [6.07, 6.45) is 6.35. The highest BCUT2D eigenvalue weighted by atomic mass is 15.0. The lowest BCUT2D eigenvalue weighted by atomic mass is 9.81. The van der Waals surface area contributed by atoms with Crippen molar-refractivity contribution in [1.29, 1.82) is 0 Å². The van der Waals surface area contributed by atoms with Crippen LogP contribution < -0.4 is 5.32 Å². The number of rotatable bonds is 3. The first kappa shape index (κ1) is 8.75. The van der Waals surface area contributed by atoms with Crippen molar-refractivity contribution in [3.63, 3.8) is 0 Å². The molecule has 1 aromatic heterocycles. The third kappa shape index (κ3) is 1.75. The zero-order chi connectivity index (χ0) is 9.26. The van der Waals surface area contributed by atoms with E-state index in [1.807, 2.05) is 6.20 Å². The van der Waals surface area contributed by atoms with Crippen molar-refractivity contribution in [2.24, 2.45) is 5.92 Å². The molecule has 0 bridgehead atoms. The summed E-state index contributed by atoms with van der Waals surface area (Å²) >= 11 is 0. The van der Waals surface area contributed by atoms with E-state index in [1.54, 1.807) is 6.20 Å². The van der Waals surface area contributed by atoms with Gasteiger partial charge < -0.3 is 10.3 Å². The largest absolute Gasteiger partial charge is 0.347 e. The molecule has 2 N–H and O–H groups in total. The predicted molar refractivity (Wildman–Crippen MR) is 52.3 cm³/mol. The molecule has 1 aromatic rings. The van der Waals surface area contributed by atoms with Gasteiger partial charge >= 0.3 is 0 Å². The number of hydrogen-bond donors (Lipinski definition) is 2. The van der Waals surface area contributed by atoms with Crippen molar-refractivity contribution < 1.29 is 0 Å². The lowest BCUT2D eigenvalue weighted by molar-refractivity contribution is 0.212. The fourth-order valence-corrected chi connectivity index (χ4v) is 1.83. The van der Waals surface area contributed by atoms with Crippen LogP contribution in [0.3, 0.4) is 0 Å². The molecule has 0 spiro atoms. The van der Waals surface area contributed by atoms with Crippen LogP contribution in [0.4, 0.5) is 0 Å². The molecule has 3 heteroatoms.